The van der Waals surface area contributed by atoms with Crippen LogP contribution in [0.15, 0.2) is 0 Å². The minimum absolute atomic E-state index is 0.120. The molecule has 1 heterocycles. The van der Waals surface area contributed by atoms with Gasteiger partial charge >= 0.3 is 0 Å². The first kappa shape index (κ1) is 14.9. The molecular weight excluding hydrogens is 236 g/mol. The van der Waals surface area contributed by atoms with Crippen LogP contribution >= 0.6 is 0 Å². The third kappa shape index (κ3) is 4.23. The molecule has 1 aliphatic rings. The molecule has 1 rings (SSSR count). The van der Waals surface area contributed by atoms with Crippen LogP contribution in [0.1, 0.15) is 46.0 Å². The molecule has 4 nitrogen and oxygen atoms in total. The van der Waals surface area contributed by atoms with Gasteiger partial charge in [0.15, 0.2) is 0 Å². The van der Waals surface area contributed by atoms with Crippen molar-refractivity contribution in [1.29, 1.82) is 0 Å². The highest BCUT2D eigenvalue weighted by molar-refractivity contribution is 7.88. The molecule has 0 aliphatic carbocycles. The van der Waals surface area contributed by atoms with Crippen LogP contribution < -0.4 is 5.73 Å². The standard InChI is InChI=1S/C12H26N2O2S/c1-4-12(13,5-2)9-11-7-6-8-14(10-11)17(3,15)16/h11H,4-10,13H2,1-3H3. The number of sulfonamides is 1. The molecule has 0 bridgehead atoms. The molecule has 0 aromatic carbocycles. The molecular formula is C12H26N2O2S. The molecule has 0 saturated carbocycles. The van der Waals surface area contributed by atoms with E-state index in [1.165, 1.54) is 6.26 Å². The van der Waals surface area contributed by atoms with Crippen LogP contribution in [-0.4, -0.2) is 37.6 Å². The summed E-state index contributed by atoms with van der Waals surface area (Å²) in [5.41, 5.74) is 6.19. The number of nitrogens with zero attached hydrogens (tertiary/aromatic N) is 1. The topological polar surface area (TPSA) is 63.4 Å². The average Bonchev–Trinajstić information content (AvgIpc) is 2.28. The van der Waals surface area contributed by atoms with Crippen LogP contribution in [0.4, 0.5) is 0 Å². The fourth-order valence-electron chi connectivity index (χ4n) is 2.61. The molecule has 0 aromatic rings. The van der Waals surface area contributed by atoms with Gasteiger partial charge in [-0.15, -0.1) is 0 Å². The van der Waals surface area contributed by atoms with E-state index in [1.54, 1.807) is 4.31 Å². The molecule has 1 aliphatic heterocycles. The minimum Gasteiger partial charge on any atom is -0.325 e. The van der Waals surface area contributed by atoms with Crippen LogP contribution in [0.25, 0.3) is 0 Å². The SMILES string of the molecule is CCC(N)(CC)CC1CCCN(S(C)(=O)=O)C1. The quantitative estimate of drug-likeness (QED) is 0.818. The van der Waals surface area contributed by atoms with E-state index in [1.807, 2.05) is 0 Å². The van der Waals surface area contributed by atoms with Crippen molar-refractivity contribution < 1.29 is 8.42 Å². The first-order valence-electron chi connectivity index (χ1n) is 6.54. The monoisotopic (exact) mass is 262 g/mol. The summed E-state index contributed by atoms with van der Waals surface area (Å²) >= 11 is 0. The van der Waals surface area contributed by atoms with Gasteiger partial charge in [-0.05, 0) is 38.0 Å². The Kier molecular flexibility index (Phi) is 4.98. The Labute approximate surface area is 106 Å². The van der Waals surface area contributed by atoms with Gasteiger partial charge in [-0.3, -0.25) is 0 Å². The van der Waals surface area contributed by atoms with Crippen LogP contribution in [0.5, 0.6) is 0 Å². The lowest BCUT2D eigenvalue weighted by Crippen LogP contribution is -2.45. The molecule has 0 aromatic heterocycles. The number of nitrogens with two attached hydrogens (primary N) is 1. The summed E-state index contributed by atoms with van der Waals surface area (Å²) in [6, 6.07) is 0. The molecule has 17 heavy (non-hydrogen) atoms. The maximum absolute atomic E-state index is 11.5. The zero-order valence-electron chi connectivity index (χ0n) is 11.3. The molecule has 1 unspecified atom stereocenters. The van der Waals surface area contributed by atoms with Gasteiger partial charge < -0.3 is 5.73 Å². The predicted octanol–water partition coefficient (Wildman–Crippen LogP) is 1.57. The maximum Gasteiger partial charge on any atom is 0.211 e. The fraction of sp³-hybridized carbons (Fsp3) is 1.00. The second kappa shape index (κ2) is 5.67. The smallest absolute Gasteiger partial charge is 0.211 e. The highest BCUT2D eigenvalue weighted by Crippen LogP contribution is 2.28. The van der Waals surface area contributed by atoms with E-state index >= 15 is 0 Å². The Balaban J connectivity index is 2.62. The summed E-state index contributed by atoms with van der Waals surface area (Å²) in [5, 5.41) is 0. The van der Waals surface area contributed by atoms with Gasteiger partial charge in [0.05, 0.1) is 6.26 Å². The van der Waals surface area contributed by atoms with Crippen molar-refractivity contribution in [2.45, 2.75) is 51.5 Å². The van der Waals surface area contributed by atoms with E-state index in [0.717, 1.165) is 32.1 Å². The van der Waals surface area contributed by atoms with Gasteiger partial charge in [-0.2, -0.15) is 0 Å². The Bertz CT molecular complexity index is 336. The van der Waals surface area contributed by atoms with Crippen molar-refractivity contribution in [2.75, 3.05) is 19.3 Å². The van der Waals surface area contributed by atoms with E-state index in [0.29, 0.717) is 19.0 Å². The Morgan fingerprint density at radius 3 is 2.41 bits per heavy atom. The molecule has 0 radical (unpaired) electrons. The van der Waals surface area contributed by atoms with Gasteiger partial charge in [0.2, 0.25) is 10.0 Å². The first-order chi connectivity index (χ1) is 7.80. The fourth-order valence-corrected chi connectivity index (χ4v) is 3.55. The Morgan fingerprint density at radius 1 is 1.35 bits per heavy atom. The Hall–Kier alpha value is -0.130. The highest BCUT2D eigenvalue weighted by atomic mass is 32.2. The number of hydrogen-bond acceptors (Lipinski definition) is 3. The summed E-state index contributed by atoms with van der Waals surface area (Å²) < 4.78 is 24.7. The van der Waals surface area contributed by atoms with Gasteiger partial charge in [0, 0.05) is 18.6 Å². The Morgan fingerprint density at radius 2 is 1.94 bits per heavy atom. The van der Waals surface area contributed by atoms with Crippen molar-refractivity contribution in [3.8, 4) is 0 Å². The van der Waals surface area contributed by atoms with Crippen LogP contribution in [0, 0.1) is 5.92 Å². The highest BCUT2D eigenvalue weighted by Gasteiger charge is 2.31. The zero-order valence-corrected chi connectivity index (χ0v) is 12.1. The normalized spacial score (nSPS) is 23.9. The lowest BCUT2D eigenvalue weighted by atomic mass is 9.81. The minimum atomic E-state index is -3.04. The van der Waals surface area contributed by atoms with Crippen LogP contribution in [-0.2, 0) is 10.0 Å². The summed E-state index contributed by atoms with van der Waals surface area (Å²) in [7, 11) is -3.04. The van der Waals surface area contributed by atoms with E-state index in [9.17, 15) is 8.42 Å². The molecule has 0 amide bonds. The predicted molar refractivity (Wildman–Crippen MR) is 71.3 cm³/mol. The average molecular weight is 262 g/mol. The summed E-state index contributed by atoms with van der Waals surface area (Å²) in [5.74, 6) is 0.420. The van der Waals surface area contributed by atoms with Gasteiger partial charge in [0.25, 0.3) is 0 Å². The van der Waals surface area contributed by atoms with Gasteiger partial charge in [-0.25, -0.2) is 12.7 Å². The molecule has 1 saturated heterocycles. The third-order valence-electron chi connectivity index (χ3n) is 4.05. The number of hydrogen-bond donors (Lipinski definition) is 1. The second-order valence-corrected chi connectivity index (χ2v) is 7.39. The third-order valence-corrected chi connectivity index (χ3v) is 5.32. The first-order valence-corrected chi connectivity index (χ1v) is 8.39. The van der Waals surface area contributed by atoms with E-state index < -0.39 is 10.0 Å². The van der Waals surface area contributed by atoms with Crippen molar-refractivity contribution in [1.82, 2.24) is 4.31 Å². The summed E-state index contributed by atoms with van der Waals surface area (Å²) in [6.07, 6.45) is 6.21. The van der Waals surface area contributed by atoms with Gasteiger partial charge in [-0.1, -0.05) is 13.8 Å². The van der Waals surface area contributed by atoms with E-state index in [-0.39, 0.29) is 5.54 Å². The van der Waals surface area contributed by atoms with Crippen molar-refractivity contribution >= 4 is 10.0 Å². The molecule has 102 valence electrons. The van der Waals surface area contributed by atoms with Gasteiger partial charge in [0.1, 0.15) is 0 Å². The van der Waals surface area contributed by atoms with Crippen molar-refractivity contribution in [3.05, 3.63) is 0 Å². The molecule has 1 atom stereocenters. The van der Waals surface area contributed by atoms with E-state index in [2.05, 4.69) is 13.8 Å². The second-order valence-electron chi connectivity index (χ2n) is 5.40. The largest absolute Gasteiger partial charge is 0.325 e. The molecule has 1 fully saturated rings. The molecule has 2 N–H and O–H groups in total. The zero-order chi connectivity index (χ0) is 13.1. The van der Waals surface area contributed by atoms with Crippen molar-refractivity contribution in [2.24, 2.45) is 11.7 Å². The molecule has 5 heteroatoms. The van der Waals surface area contributed by atoms with Crippen molar-refractivity contribution in [3.63, 3.8) is 0 Å². The number of piperidine rings is 1. The maximum atomic E-state index is 11.5. The summed E-state index contributed by atoms with van der Waals surface area (Å²) in [6.45, 7) is 5.55. The van der Waals surface area contributed by atoms with Crippen LogP contribution in [0.2, 0.25) is 0 Å². The summed E-state index contributed by atoms with van der Waals surface area (Å²) in [4.78, 5) is 0. The van der Waals surface area contributed by atoms with E-state index in [4.69, 9.17) is 5.73 Å². The number of rotatable bonds is 5. The lowest BCUT2D eigenvalue weighted by Gasteiger charge is -2.36. The lowest BCUT2D eigenvalue weighted by molar-refractivity contribution is 0.207. The molecule has 0 spiro atoms. The van der Waals surface area contributed by atoms with Crippen LogP contribution in [0.3, 0.4) is 0 Å².